The van der Waals surface area contributed by atoms with Crippen LogP contribution in [0.5, 0.6) is 0 Å². The van der Waals surface area contributed by atoms with E-state index in [0.717, 1.165) is 4.31 Å². The van der Waals surface area contributed by atoms with Gasteiger partial charge in [0.2, 0.25) is 0 Å². The number of para-hydroxylation sites is 3. The van der Waals surface area contributed by atoms with Crippen molar-refractivity contribution in [1.82, 2.24) is 0 Å². The van der Waals surface area contributed by atoms with Gasteiger partial charge in [0.25, 0.3) is 0 Å². The van der Waals surface area contributed by atoms with Gasteiger partial charge in [-0.2, -0.15) is 8.42 Å². The van der Waals surface area contributed by atoms with Crippen LogP contribution in [0.2, 0.25) is 0 Å². The molecule has 2 aromatic carbocycles. The maximum absolute atomic E-state index is 13.7. The van der Waals surface area contributed by atoms with Crippen LogP contribution in [0.4, 0.5) is 21.5 Å². The van der Waals surface area contributed by atoms with Crippen LogP contribution in [0.15, 0.2) is 48.5 Å². The highest BCUT2D eigenvalue weighted by Crippen LogP contribution is 2.41. The highest BCUT2D eigenvalue weighted by molar-refractivity contribution is 7.95. The van der Waals surface area contributed by atoms with Gasteiger partial charge in [-0.1, -0.05) is 24.3 Å². The largest absolute Gasteiger partial charge is 0.328 e. The second-order valence-electron chi connectivity index (χ2n) is 3.84. The maximum atomic E-state index is 13.7. The summed E-state index contributed by atoms with van der Waals surface area (Å²) in [6.07, 6.45) is 0. The van der Waals surface area contributed by atoms with Crippen molar-refractivity contribution in [2.24, 2.45) is 0 Å². The molecule has 0 unspecified atom stereocenters. The van der Waals surface area contributed by atoms with E-state index < -0.39 is 16.0 Å². The number of halogens is 3. The quantitative estimate of drug-likeness (QED) is 0.866. The fourth-order valence-corrected chi connectivity index (χ4v) is 3.29. The van der Waals surface area contributed by atoms with Gasteiger partial charge in [0, 0.05) is 0 Å². The second-order valence-corrected chi connectivity index (χ2v) is 5.36. The molecule has 0 amide bonds. The van der Waals surface area contributed by atoms with Crippen LogP contribution < -0.4 is 9.03 Å². The van der Waals surface area contributed by atoms with Crippen LogP contribution in [0.25, 0.3) is 0 Å². The Hall–Kier alpha value is -1.50. The molecular weight excluding hydrogens is 326 g/mol. The Kier molecular flexibility index (Phi) is 4.86. The lowest BCUT2D eigenvalue weighted by Gasteiger charge is -2.17. The zero-order valence-corrected chi connectivity index (χ0v) is 12.4. The zero-order valence-electron chi connectivity index (χ0n) is 9.99. The average Bonchev–Trinajstić information content (AvgIpc) is 2.60. The molecule has 108 valence electrons. The molecule has 0 saturated carbocycles. The molecule has 0 saturated heterocycles. The van der Waals surface area contributed by atoms with E-state index in [0.29, 0.717) is 11.4 Å². The lowest BCUT2D eigenvalue weighted by Crippen LogP contribution is -2.25. The molecule has 0 aliphatic carbocycles. The number of hydrogen-bond donors (Lipinski definition) is 1. The van der Waals surface area contributed by atoms with Crippen molar-refractivity contribution in [3.63, 3.8) is 0 Å². The number of nitrogens with zero attached hydrogens (tertiary/aromatic N) is 1. The van der Waals surface area contributed by atoms with E-state index in [9.17, 15) is 12.8 Å². The summed E-state index contributed by atoms with van der Waals surface area (Å²) < 4.78 is 41.1. The third kappa shape index (κ3) is 2.54. The Morgan fingerprint density at radius 1 is 0.900 bits per heavy atom. The number of fused-ring (bicyclic) bond motifs is 1. The molecule has 0 fully saturated rings. The van der Waals surface area contributed by atoms with Crippen molar-refractivity contribution in [3.8, 4) is 0 Å². The first kappa shape index (κ1) is 16.6. The van der Waals surface area contributed by atoms with Crippen LogP contribution >= 0.6 is 24.8 Å². The molecule has 1 N–H and O–H groups in total. The van der Waals surface area contributed by atoms with E-state index in [1.165, 1.54) is 18.2 Å². The van der Waals surface area contributed by atoms with Crippen molar-refractivity contribution in [1.29, 1.82) is 0 Å². The summed E-state index contributed by atoms with van der Waals surface area (Å²) >= 11 is 0. The van der Waals surface area contributed by atoms with Gasteiger partial charge in [0.05, 0.1) is 17.1 Å². The van der Waals surface area contributed by atoms with Crippen molar-refractivity contribution >= 4 is 52.1 Å². The lowest BCUT2D eigenvalue weighted by molar-refractivity contribution is 0.598. The number of nitrogens with one attached hydrogen (secondary N) is 1. The average molecular weight is 337 g/mol. The third-order valence-electron chi connectivity index (χ3n) is 2.67. The minimum Gasteiger partial charge on any atom is -0.264 e. The van der Waals surface area contributed by atoms with Crippen LogP contribution in [0.1, 0.15) is 0 Å². The van der Waals surface area contributed by atoms with Crippen LogP contribution in [-0.2, 0) is 10.2 Å². The molecule has 0 bridgehead atoms. The standard InChI is InChI=1S/C12H9FN2O2S.2ClH/c13-9-5-1-3-7-11(9)15-12-8-4-2-6-10(12)14-18(15,16)17;;/h1-8,14H;2*1H. The lowest BCUT2D eigenvalue weighted by atomic mass is 10.2. The van der Waals surface area contributed by atoms with Crippen LogP contribution in [-0.4, -0.2) is 8.42 Å². The van der Waals surface area contributed by atoms with Gasteiger partial charge < -0.3 is 0 Å². The van der Waals surface area contributed by atoms with Crippen molar-refractivity contribution in [3.05, 3.63) is 54.3 Å². The number of anilines is 3. The first-order chi connectivity index (χ1) is 8.59. The summed E-state index contributed by atoms with van der Waals surface area (Å²) in [6.45, 7) is 0. The van der Waals surface area contributed by atoms with Gasteiger partial charge in [0.15, 0.2) is 0 Å². The minimum absolute atomic E-state index is 0. The Morgan fingerprint density at radius 2 is 1.45 bits per heavy atom. The normalized spacial score (nSPS) is 14.6. The SMILES string of the molecule is Cl.Cl.O=S1(=O)Nc2ccccc2N1c1ccccc1F. The molecule has 0 atom stereocenters. The van der Waals surface area contributed by atoms with Crippen molar-refractivity contribution in [2.45, 2.75) is 0 Å². The summed E-state index contributed by atoms with van der Waals surface area (Å²) in [4.78, 5) is 0. The second kappa shape index (κ2) is 5.87. The Labute approximate surface area is 128 Å². The molecule has 0 radical (unpaired) electrons. The third-order valence-corrected chi connectivity index (χ3v) is 4.03. The predicted molar refractivity (Wildman–Crippen MR) is 82.0 cm³/mol. The van der Waals surface area contributed by atoms with E-state index in [1.807, 2.05) is 0 Å². The smallest absolute Gasteiger partial charge is 0.264 e. The molecule has 1 aliphatic rings. The molecule has 20 heavy (non-hydrogen) atoms. The summed E-state index contributed by atoms with van der Waals surface area (Å²) in [5.74, 6) is -0.584. The number of rotatable bonds is 1. The Bertz CT molecular complexity index is 725. The highest BCUT2D eigenvalue weighted by Gasteiger charge is 2.34. The van der Waals surface area contributed by atoms with Crippen LogP contribution in [0, 0.1) is 5.82 Å². The molecule has 0 spiro atoms. The topological polar surface area (TPSA) is 49.4 Å². The van der Waals surface area contributed by atoms with Gasteiger partial charge in [-0.05, 0) is 24.3 Å². The Morgan fingerprint density at radius 3 is 2.10 bits per heavy atom. The molecule has 8 heteroatoms. The van der Waals surface area contributed by atoms with Crippen molar-refractivity contribution < 1.29 is 12.8 Å². The summed E-state index contributed by atoms with van der Waals surface area (Å²) in [5.41, 5.74) is 0.873. The summed E-state index contributed by atoms with van der Waals surface area (Å²) in [5, 5.41) is 0. The fraction of sp³-hybridized carbons (Fsp3) is 0. The molecule has 3 rings (SSSR count). The van der Waals surface area contributed by atoms with Crippen molar-refractivity contribution in [2.75, 3.05) is 9.03 Å². The molecule has 4 nitrogen and oxygen atoms in total. The van der Waals surface area contributed by atoms with E-state index in [2.05, 4.69) is 4.72 Å². The zero-order chi connectivity index (χ0) is 12.8. The fourth-order valence-electron chi connectivity index (χ4n) is 1.93. The highest BCUT2D eigenvalue weighted by atomic mass is 35.5. The van der Waals surface area contributed by atoms with Gasteiger partial charge in [-0.15, -0.1) is 24.8 Å². The monoisotopic (exact) mass is 336 g/mol. The van der Waals surface area contributed by atoms with Crippen LogP contribution in [0.3, 0.4) is 0 Å². The number of hydrogen-bond acceptors (Lipinski definition) is 2. The maximum Gasteiger partial charge on any atom is 0.328 e. The first-order valence-corrected chi connectivity index (χ1v) is 6.70. The predicted octanol–water partition coefficient (Wildman–Crippen LogP) is 3.48. The summed E-state index contributed by atoms with van der Waals surface area (Å²) in [6, 6.07) is 12.4. The summed E-state index contributed by atoms with van der Waals surface area (Å²) in [7, 11) is -3.78. The molecule has 1 heterocycles. The molecule has 1 aliphatic heterocycles. The number of benzene rings is 2. The van der Waals surface area contributed by atoms with E-state index in [-0.39, 0.29) is 30.5 Å². The molecular formula is C12H11Cl2FN2O2S. The van der Waals surface area contributed by atoms with E-state index in [4.69, 9.17) is 0 Å². The van der Waals surface area contributed by atoms with E-state index in [1.54, 1.807) is 30.3 Å². The Balaban J connectivity index is 0.000001000. The van der Waals surface area contributed by atoms with Gasteiger partial charge in [-0.3, -0.25) is 4.72 Å². The van der Waals surface area contributed by atoms with Gasteiger partial charge in [0.1, 0.15) is 5.82 Å². The van der Waals surface area contributed by atoms with Gasteiger partial charge >= 0.3 is 10.2 Å². The molecule has 0 aromatic heterocycles. The molecule has 2 aromatic rings. The van der Waals surface area contributed by atoms with E-state index >= 15 is 0 Å². The minimum atomic E-state index is -3.78. The first-order valence-electron chi connectivity index (χ1n) is 5.26. The van der Waals surface area contributed by atoms with Gasteiger partial charge in [-0.25, -0.2) is 8.70 Å².